The van der Waals surface area contributed by atoms with E-state index in [-0.39, 0.29) is 18.1 Å². The summed E-state index contributed by atoms with van der Waals surface area (Å²) in [4.78, 5) is 14.1. The van der Waals surface area contributed by atoms with Gasteiger partial charge in [0.05, 0.1) is 18.8 Å². The standard InChI is InChI=1S/C17H25NO3/c1-13-7-4-5-8-16(13)20-10-6-9-17(19)18-11-14(2)21-15(3)12-18/h4-5,7-8,14-15H,6,9-12H2,1-3H3. The number of para-hydroxylation sites is 1. The van der Waals surface area contributed by atoms with Gasteiger partial charge in [0, 0.05) is 19.5 Å². The Morgan fingerprint density at radius 1 is 1.29 bits per heavy atom. The maximum Gasteiger partial charge on any atom is 0.222 e. The fourth-order valence-corrected chi connectivity index (χ4v) is 2.66. The molecule has 1 amide bonds. The van der Waals surface area contributed by atoms with Gasteiger partial charge in [-0.05, 0) is 38.8 Å². The number of hydrogen-bond donors (Lipinski definition) is 0. The molecule has 0 aromatic heterocycles. The van der Waals surface area contributed by atoms with Crippen molar-refractivity contribution in [2.24, 2.45) is 0 Å². The van der Waals surface area contributed by atoms with E-state index in [9.17, 15) is 4.79 Å². The number of rotatable bonds is 5. The molecule has 2 unspecified atom stereocenters. The lowest BCUT2D eigenvalue weighted by molar-refractivity contribution is -0.143. The number of carbonyl (C=O) groups is 1. The first-order chi connectivity index (χ1) is 10.1. The van der Waals surface area contributed by atoms with E-state index < -0.39 is 0 Å². The summed E-state index contributed by atoms with van der Waals surface area (Å²) in [6, 6.07) is 7.94. The molecule has 0 radical (unpaired) electrons. The van der Waals surface area contributed by atoms with E-state index in [4.69, 9.17) is 9.47 Å². The number of hydrogen-bond acceptors (Lipinski definition) is 3. The van der Waals surface area contributed by atoms with Gasteiger partial charge >= 0.3 is 0 Å². The highest BCUT2D eigenvalue weighted by molar-refractivity contribution is 5.76. The lowest BCUT2D eigenvalue weighted by atomic mass is 10.2. The number of ether oxygens (including phenoxy) is 2. The summed E-state index contributed by atoms with van der Waals surface area (Å²) in [7, 11) is 0. The van der Waals surface area contributed by atoms with Crippen LogP contribution in [0.5, 0.6) is 5.75 Å². The van der Waals surface area contributed by atoms with E-state index in [2.05, 4.69) is 0 Å². The van der Waals surface area contributed by atoms with Crippen LogP contribution in [0.15, 0.2) is 24.3 Å². The zero-order chi connectivity index (χ0) is 15.2. The van der Waals surface area contributed by atoms with E-state index in [1.807, 2.05) is 49.9 Å². The molecule has 0 N–H and O–H groups in total. The van der Waals surface area contributed by atoms with Crippen molar-refractivity contribution in [2.45, 2.75) is 45.8 Å². The maximum absolute atomic E-state index is 12.2. The van der Waals surface area contributed by atoms with Crippen molar-refractivity contribution in [1.29, 1.82) is 0 Å². The molecule has 4 nitrogen and oxygen atoms in total. The molecule has 2 atom stereocenters. The molecule has 0 saturated carbocycles. The minimum absolute atomic E-state index is 0.126. The lowest BCUT2D eigenvalue weighted by Crippen LogP contribution is -2.48. The number of benzene rings is 1. The molecular weight excluding hydrogens is 266 g/mol. The lowest BCUT2D eigenvalue weighted by Gasteiger charge is -2.35. The van der Waals surface area contributed by atoms with Gasteiger partial charge in [0.2, 0.25) is 5.91 Å². The molecule has 4 heteroatoms. The first-order valence-corrected chi connectivity index (χ1v) is 7.68. The Labute approximate surface area is 127 Å². The fourth-order valence-electron chi connectivity index (χ4n) is 2.66. The Bertz CT molecular complexity index is 465. The first kappa shape index (κ1) is 15.8. The van der Waals surface area contributed by atoms with Gasteiger partial charge in [0.15, 0.2) is 0 Å². The van der Waals surface area contributed by atoms with Crippen LogP contribution in [0.1, 0.15) is 32.3 Å². The molecule has 1 heterocycles. The van der Waals surface area contributed by atoms with Crippen molar-refractivity contribution >= 4 is 5.91 Å². The van der Waals surface area contributed by atoms with Gasteiger partial charge in [-0.15, -0.1) is 0 Å². The van der Waals surface area contributed by atoms with Crippen LogP contribution in [0.2, 0.25) is 0 Å². The third-order valence-electron chi connectivity index (χ3n) is 3.66. The van der Waals surface area contributed by atoms with Gasteiger partial charge in [-0.25, -0.2) is 0 Å². The van der Waals surface area contributed by atoms with Gasteiger partial charge in [0.1, 0.15) is 5.75 Å². The topological polar surface area (TPSA) is 38.8 Å². The second kappa shape index (κ2) is 7.46. The van der Waals surface area contributed by atoms with Crippen LogP contribution in [0.25, 0.3) is 0 Å². The molecule has 21 heavy (non-hydrogen) atoms. The Morgan fingerprint density at radius 3 is 2.62 bits per heavy atom. The molecule has 0 spiro atoms. The van der Waals surface area contributed by atoms with E-state index in [0.29, 0.717) is 26.1 Å². The SMILES string of the molecule is Cc1ccccc1OCCCC(=O)N1CC(C)OC(C)C1. The van der Waals surface area contributed by atoms with Crippen LogP contribution in [-0.4, -0.2) is 42.7 Å². The predicted octanol–water partition coefficient (Wildman–Crippen LogP) is 2.79. The van der Waals surface area contributed by atoms with Crippen molar-refractivity contribution in [3.8, 4) is 5.75 Å². The van der Waals surface area contributed by atoms with Crippen LogP contribution in [0.4, 0.5) is 0 Å². The maximum atomic E-state index is 12.2. The molecule has 1 aliphatic rings. The first-order valence-electron chi connectivity index (χ1n) is 7.68. The number of nitrogens with zero attached hydrogens (tertiary/aromatic N) is 1. The summed E-state index contributed by atoms with van der Waals surface area (Å²) in [6.45, 7) is 8.02. The average molecular weight is 291 g/mol. The molecule has 1 aromatic carbocycles. The molecular formula is C17H25NO3. The summed E-state index contributed by atoms with van der Waals surface area (Å²) in [5.74, 6) is 1.10. The number of morpholine rings is 1. The van der Waals surface area contributed by atoms with Crippen LogP contribution in [-0.2, 0) is 9.53 Å². The Hall–Kier alpha value is -1.55. The van der Waals surface area contributed by atoms with E-state index >= 15 is 0 Å². The second-order valence-electron chi connectivity index (χ2n) is 5.77. The van der Waals surface area contributed by atoms with Gasteiger partial charge < -0.3 is 14.4 Å². The van der Waals surface area contributed by atoms with Gasteiger partial charge in [-0.2, -0.15) is 0 Å². The minimum atomic E-state index is 0.126. The fraction of sp³-hybridized carbons (Fsp3) is 0.588. The van der Waals surface area contributed by atoms with Gasteiger partial charge in [0.25, 0.3) is 0 Å². The molecule has 1 fully saturated rings. The normalized spacial score (nSPS) is 22.1. The van der Waals surface area contributed by atoms with Crippen molar-refractivity contribution in [2.75, 3.05) is 19.7 Å². The van der Waals surface area contributed by atoms with Crippen molar-refractivity contribution in [3.63, 3.8) is 0 Å². The summed E-state index contributed by atoms with van der Waals surface area (Å²) in [5.41, 5.74) is 1.12. The van der Waals surface area contributed by atoms with E-state index in [1.165, 1.54) is 0 Å². The largest absolute Gasteiger partial charge is 0.493 e. The molecule has 116 valence electrons. The quantitative estimate of drug-likeness (QED) is 0.783. The second-order valence-corrected chi connectivity index (χ2v) is 5.77. The average Bonchev–Trinajstić information content (AvgIpc) is 2.44. The monoisotopic (exact) mass is 291 g/mol. The van der Waals surface area contributed by atoms with Crippen LogP contribution >= 0.6 is 0 Å². The molecule has 1 aliphatic heterocycles. The van der Waals surface area contributed by atoms with E-state index in [1.54, 1.807) is 0 Å². The van der Waals surface area contributed by atoms with Crippen LogP contribution in [0, 0.1) is 6.92 Å². The summed E-state index contributed by atoms with van der Waals surface area (Å²) in [5, 5.41) is 0. The minimum Gasteiger partial charge on any atom is -0.493 e. The van der Waals surface area contributed by atoms with Crippen molar-refractivity contribution in [3.05, 3.63) is 29.8 Å². The Kier molecular flexibility index (Phi) is 5.62. The molecule has 0 bridgehead atoms. The predicted molar refractivity (Wildman–Crippen MR) is 82.5 cm³/mol. The third kappa shape index (κ3) is 4.74. The third-order valence-corrected chi connectivity index (χ3v) is 3.66. The zero-order valence-corrected chi connectivity index (χ0v) is 13.2. The van der Waals surface area contributed by atoms with Gasteiger partial charge in [-0.3, -0.25) is 4.79 Å². The summed E-state index contributed by atoms with van der Waals surface area (Å²) in [6.07, 6.45) is 1.53. The Morgan fingerprint density at radius 2 is 1.95 bits per heavy atom. The molecule has 2 rings (SSSR count). The number of amides is 1. The molecule has 0 aliphatic carbocycles. The molecule has 1 aromatic rings. The zero-order valence-electron chi connectivity index (χ0n) is 13.2. The number of carbonyl (C=O) groups excluding carboxylic acids is 1. The smallest absolute Gasteiger partial charge is 0.222 e. The van der Waals surface area contributed by atoms with Crippen LogP contribution < -0.4 is 4.74 Å². The Balaban J connectivity index is 1.71. The van der Waals surface area contributed by atoms with Crippen molar-refractivity contribution < 1.29 is 14.3 Å². The number of aryl methyl sites for hydroxylation is 1. The molecule has 1 saturated heterocycles. The highest BCUT2D eigenvalue weighted by Gasteiger charge is 2.25. The summed E-state index contributed by atoms with van der Waals surface area (Å²) < 4.78 is 11.4. The van der Waals surface area contributed by atoms with Crippen molar-refractivity contribution in [1.82, 2.24) is 4.90 Å². The van der Waals surface area contributed by atoms with E-state index in [0.717, 1.165) is 17.7 Å². The highest BCUT2D eigenvalue weighted by Crippen LogP contribution is 2.17. The highest BCUT2D eigenvalue weighted by atomic mass is 16.5. The summed E-state index contributed by atoms with van der Waals surface area (Å²) >= 11 is 0. The van der Waals surface area contributed by atoms with Crippen LogP contribution in [0.3, 0.4) is 0 Å². The van der Waals surface area contributed by atoms with Gasteiger partial charge in [-0.1, -0.05) is 18.2 Å².